The van der Waals surface area contributed by atoms with Crippen LogP contribution in [0.3, 0.4) is 0 Å². The quantitative estimate of drug-likeness (QED) is 0.330. The van der Waals surface area contributed by atoms with E-state index in [1.54, 1.807) is 13.8 Å². The Kier molecular flexibility index (Phi) is 4.43. The summed E-state index contributed by atoms with van der Waals surface area (Å²) < 4.78 is 15.5. The van der Waals surface area contributed by atoms with Gasteiger partial charge in [-0.05, 0) is 13.8 Å². The molecule has 0 radical (unpaired) electrons. The van der Waals surface area contributed by atoms with E-state index >= 15 is 0 Å². The van der Waals surface area contributed by atoms with E-state index in [1.807, 2.05) is 0 Å². The molecule has 1 rings (SSSR count). The summed E-state index contributed by atoms with van der Waals surface area (Å²) in [5.41, 5.74) is -0.678. The van der Waals surface area contributed by atoms with Crippen LogP contribution >= 0.6 is 0 Å². The number of hydrogen-bond acceptors (Lipinski definition) is 7. The molecular formula is C10H14N2O5. The fraction of sp³-hybridized carbons (Fsp3) is 0.700. The second-order valence-corrected chi connectivity index (χ2v) is 4.05. The van der Waals surface area contributed by atoms with Gasteiger partial charge in [0.25, 0.3) is 5.71 Å². The maximum Gasteiger partial charge on any atom is 0.371 e. The van der Waals surface area contributed by atoms with Crippen LogP contribution in [0.25, 0.3) is 0 Å². The van der Waals surface area contributed by atoms with Gasteiger partial charge in [0.15, 0.2) is 5.79 Å². The van der Waals surface area contributed by atoms with Crippen molar-refractivity contribution in [3.05, 3.63) is 0 Å². The molecule has 7 nitrogen and oxygen atoms in total. The molecule has 0 bridgehead atoms. The predicted molar refractivity (Wildman–Crippen MR) is 55.3 cm³/mol. The topological polar surface area (TPSA) is 101 Å². The smallest absolute Gasteiger partial charge is 0.371 e. The lowest BCUT2D eigenvalue weighted by molar-refractivity contribution is -0.265. The van der Waals surface area contributed by atoms with Gasteiger partial charge in [-0.25, -0.2) is 4.79 Å². The molecule has 1 aliphatic heterocycles. The van der Waals surface area contributed by atoms with E-state index < -0.39 is 17.5 Å². The third-order valence-electron chi connectivity index (χ3n) is 2.18. The van der Waals surface area contributed by atoms with Crippen LogP contribution in [0, 0.1) is 17.2 Å². The Labute approximate surface area is 98.6 Å². The minimum absolute atomic E-state index is 0.0512. The van der Waals surface area contributed by atoms with Gasteiger partial charge in [0.2, 0.25) is 0 Å². The Bertz CT molecular complexity index is 348. The lowest BCUT2D eigenvalue weighted by Crippen LogP contribution is -2.41. The summed E-state index contributed by atoms with van der Waals surface area (Å²) >= 11 is 0. The molecule has 0 amide bonds. The highest BCUT2D eigenvalue weighted by Gasteiger charge is 2.29. The van der Waals surface area contributed by atoms with Crippen LogP contribution in [0.5, 0.6) is 0 Å². The van der Waals surface area contributed by atoms with E-state index in [4.69, 9.17) is 24.7 Å². The third-order valence-corrected chi connectivity index (χ3v) is 2.18. The fourth-order valence-corrected chi connectivity index (χ4v) is 1.19. The van der Waals surface area contributed by atoms with Crippen molar-refractivity contribution in [2.45, 2.75) is 19.6 Å². The molecule has 0 aromatic carbocycles. The van der Waals surface area contributed by atoms with Crippen molar-refractivity contribution in [3.63, 3.8) is 0 Å². The molecule has 1 saturated heterocycles. The number of ether oxygens (including phenoxy) is 3. The molecule has 1 aliphatic rings. The molecule has 7 heteroatoms. The molecule has 0 atom stereocenters. The Hall–Kier alpha value is -1.65. The Morgan fingerprint density at radius 1 is 1.59 bits per heavy atom. The largest absolute Gasteiger partial charge is 0.460 e. The monoisotopic (exact) mass is 242 g/mol. The lowest BCUT2D eigenvalue weighted by Gasteiger charge is -2.34. The molecule has 0 saturated carbocycles. The van der Waals surface area contributed by atoms with Crippen LogP contribution in [-0.4, -0.2) is 42.5 Å². The number of hydrogen-bond donors (Lipinski definition) is 1. The Morgan fingerprint density at radius 2 is 2.18 bits per heavy atom. The number of rotatable bonds is 3. The highest BCUT2D eigenvalue weighted by Crippen LogP contribution is 2.20. The van der Waals surface area contributed by atoms with E-state index in [1.165, 1.54) is 6.07 Å². The van der Waals surface area contributed by atoms with Crippen molar-refractivity contribution in [2.24, 2.45) is 11.1 Å². The van der Waals surface area contributed by atoms with E-state index in [-0.39, 0.29) is 12.5 Å². The van der Waals surface area contributed by atoms with E-state index in [9.17, 15) is 4.79 Å². The van der Waals surface area contributed by atoms with Crippen molar-refractivity contribution in [2.75, 3.05) is 19.8 Å². The molecule has 1 N–H and O–H groups in total. The van der Waals surface area contributed by atoms with Crippen LogP contribution in [0.2, 0.25) is 0 Å². The average molecular weight is 242 g/mol. The van der Waals surface area contributed by atoms with Crippen LogP contribution in [0.15, 0.2) is 5.16 Å². The molecule has 0 aromatic rings. The zero-order valence-corrected chi connectivity index (χ0v) is 9.67. The van der Waals surface area contributed by atoms with Gasteiger partial charge >= 0.3 is 5.97 Å². The lowest BCUT2D eigenvalue weighted by atomic mass is 10.1. The molecule has 1 heterocycles. The van der Waals surface area contributed by atoms with Gasteiger partial charge in [0.1, 0.15) is 6.07 Å². The van der Waals surface area contributed by atoms with E-state index in [0.717, 1.165) is 0 Å². The van der Waals surface area contributed by atoms with Crippen molar-refractivity contribution in [1.29, 1.82) is 5.26 Å². The van der Waals surface area contributed by atoms with Crippen LogP contribution in [0.1, 0.15) is 13.8 Å². The zero-order valence-electron chi connectivity index (χ0n) is 9.67. The third kappa shape index (κ3) is 4.01. The van der Waals surface area contributed by atoms with Crippen LogP contribution < -0.4 is 0 Å². The maximum atomic E-state index is 11.2. The molecule has 0 spiro atoms. The van der Waals surface area contributed by atoms with Gasteiger partial charge < -0.3 is 19.4 Å². The van der Waals surface area contributed by atoms with Crippen LogP contribution in [-0.2, 0) is 19.0 Å². The average Bonchev–Trinajstić information content (AvgIpc) is 2.29. The summed E-state index contributed by atoms with van der Waals surface area (Å²) in [5.74, 6) is -1.67. The molecule has 1 fully saturated rings. The number of carbonyl (C=O) groups is 1. The van der Waals surface area contributed by atoms with Gasteiger partial charge in [-0.2, -0.15) is 5.26 Å². The van der Waals surface area contributed by atoms with Crippen molar-refractivity contribution >= 4 is 11.7 Å². The second kappa shape index (κ2) is 5.61. The number of oxime groups is 1. The first-order valence-electron chi connectivity index (χ1n) is 5.05. The van der Waals surface area contributed by atoms with E-state index in [0.29, 0.717) is 13.2 Å². The summed E-state index contributed by atoms with van der Waals surface area (Å²) in [6, 6.07) is 1.42. The number of nitriles is 1. The fourth-order valence-electron chi connectivity index (χ4n) is 1.19. The van der Waals surface area contributed by atoms with Gasteiger partial charge in [-0.3, -0.25) is 0 Å². The van der Waals surface area contributed by atoms with Gasteiger partial charge in [0, 0.05) is 5.92 Å². The van der Waals surface area contributed by atoms with Gasteiger partial charge in [0.05, 0.1) is 19.8 Å². The highest BCUT2D eigenvalue weighted by atomic mass is 16.7. The normalized spacial score (nSPS) is 20.6. The maximum absolute atomic E-state index is 11.2. The minimum atomic E-state index is -0.958. The first kappa shape index (κ1) is 13.4. The predicted octanol–water partition coefficient (Wildman–Crippen LogP) is 0.282. The highest BCUT2D eigenvalue weighted by molar-refractivity contribution is 6.42. The number of esters is 1. The van der Waals surface area contributed by atoms with Gasteiger partial charge in [-0.15, -0.1) is 0 Å². The molecular weight excluding hydrogens is 228 g/mol. The summed E-state index contributed by atoms with van der Waals surface area (Å²) in [6.07, 6.45) is 0. The number of nitrogens with zero attached hydrogens (tertiary/aromatic N) is 2. The summed E-state index contributed by atoms with van der Waals surface area (Å²) in [7, 11) is 0. The Morgan fingerprint density at radius 3 is 2.65 bits per heavy atom. The van der Waals surface area contributed by atoms with Gasteiger partial charge in [-0.1, -0.05) is 5.16 Å². The SMILES string of the molecule is CC1(C)OCC(COC(=O)/C(C#N)=N\O)CO1. The standard InChI is InChI=1S/C10H14N2O5/c1-10(2)16-5-7(6-17-10)4-15-9(13)8(3-11)12-14/h7,14H,4-6H2,1-2H3/b12-8-. The molecule has 0 aliphatic carbocycles. The second-order valence-electron chi connectivity index (χ2n) is 4.05. The molecule has 0 unspecified atom stereocenters. The van der Waals surface area contributed by atoms with Crippen molar-refractivity contribution in [1.82, 2.24) is 0 Å². The Balaban J connectivity index is 2.34. The van der Waals surface area contributed by atoms with Crippen molar-refractivity contribution < 1.29 is 24.2 Å². The molecule has 0 aromatic heterocycles. The summed E-state index contributed by atoms with van der Waals surface area (Å²) in [5, 5.41) is 19.2. The first-order valence-corrected chi connectivity index (χ1v) is 5.05. The molecule has 94 valence electrons. The summed E-state index contributed by atoms with van der Waals surface area (Å²) in [6.45, 7) is 4.44. The zero-order chi connectivity index (χ0) is 12.9. The first-order chi connectivity index (χ1) is 7.98. The van der Waals surface area contributed by atoms with Crippen molar-refractivity contribution in [3.8, 4) is 6.07 Å². The molecule has 17 heavy (non-hydrogen) atoms. The van der Waals surface area contributed by atoms with E-state index in [2.05, 4.69) is 5.16 Å². The number of carbonyl (C=O) groups excluding carboxylic acids is 1. The summed E-state index contributed by atoms with van der Waals surface area (Å²) in [4.78, 5) is 11.2. The minimum Gasteiger partial charge on any atom is -0.460 e. The van der Waals surface area contributed by atoms with Crippen LogP contribution in [0.4, 0.5) is 0 Å².